The van der Waals surface area contributed by atoms with Crippen molar-refractivity contribution >= 4 is 17.5 Å². The molecule has 2 N–H and O–H groups in total. The van der Waals surface area contributed by atoms with Crippen molar-refractivity contribution in [2.75, 3.05) is 19.5 Å². The maximum Gasteiger partial charge on any atom is 0.276 e. The number of ether oxygens (including phenoxy) is 2. The fraction of sp³-hybridized carbons (Fsp3) is 0.214. The summed E-state index contributed by atoms with van der Waals surface area (Å²) in [6, 6.07) is 15.6. The van der Waals surface area contributed by atoms with E-state index in [-0.39, 0.29) is 28.7 Å². The minimum atomic E-state index is -0.718. The number of nitrogens with one attached hydrogen (secondary N) is 2. The molecule has 39 heavy (non-hydrogen) atoms. The molecule has 11 heteroatoms. The molecular formula is C28H25F2N5O4. The Labute approximate surface area is 222 Å². The van der Waals surface area contributed by atoms with E-state index in [1.165, 1.54) is 43.3 Å². The smallest absolute Gasteiger partial charge is 0.276 e. The quantitative estimate of drug-likeness (QED) is 0.342. The lowest BCUT2D eigenvalue weighted by atomic mass is 9.71. The van der Waals surface area contributed by atoms with E-state index in [1.54, 1.807) is 24.3 Å². The van der Waals surface area contributed by atoms with E-state index in [0.717, 1.165) is 18.1 Å². The highest BCUT2D eigenvalue weighted by Gasteiger charge is 2.40. The van der Waals surface area contributed by atoms with Gasteiger partial charge in [-0.15, -0.1) is 0 Å². The molecule has 1 aliphatic carbocycles. The number of aromatic nitrogens is 3. The third-order valence-electron chi connectivity index (χ3n) is 6.72. The SMILES string of the molecule is COc1ncc(C(=O)NC2(c3ccc(NC(=O)c4cc(OC)n(-c5ccccc5F)n4)cc3)CCC2)cc1F. The number of methoxy groups -OCH3 is 2. The molecule has 1 saturated carbocycles. The summed E-state index contributed by atoms with van der Waals surface area (Å²) >= 11 is 0. The van der Waals surface area contributed by atoms with Gasteiger partial charge in [-0.3, -0.25) is 9.59 Å². The summed E-state index contributed by atoms with van der Waals surface area (Å²) in [7, 11) is 2.71. The summed E-state index contributed by atoms with van der Waals surface area (Å²) in [6.07, 6.45) is 3.61. The highest BCUT2D eigenvalue weighted by atomic mass is 19.1. The summed E-state index contributed by atoms with van der Waals surface area (Å²) in [5, 5.41) is 10.0. The second kappa shape index (κ2) is 10.5. The van der Waals surface area contributed by atoms with E-state index < -0.39 is 29.0 Å². The van der Waals surface area contributed by atoms with Crippen molar-refractivity contribution in [1.82, 2.24) is 20.1 Å². The van der Waals surface area contributed by atoms with Crippen molar-refractivity contribution in [2.45, 2.75) is 24.8 Å². The summed E-state index contributed by atoms with van der Waals surface area (Å²) in [5.74, 6) is -2.15. The average Bonchev–Trinajstić information content (AvgIpc) is 3.36. The third-order valence-corrected chi connectivity index (χ3v) is 6.72. The number of anilines is 1. The molecule has 0 atom stereocenters. The van der Waals surface area contributed by atoms with E-state index >= 15 is 0 Å². The first kappa shape index (κ1) is 25.8. The Balaban J connectivity index is 1.30. The van der Waals surface area contributed by atoms with Crippen molar-refractivity contribution in [1.29, 1.82) is 0 Å². The van der Waals surface area contributed by atoms with Crippen LogP contribution in [0.25, 0.3) is 5.69 Å². The number of benzene rings is 2. The molecule has 1 fully saturated rings. The van der Waals surface area contributed by atoms with Crippen LogP contribution < -0.4 is 20.1 Å². The molecule has 0 spiro atoms. The Morgan fingerprint density at radius 1 is 0.949 bits per heavy atom. The van der Waals surface area contributed by atoms with Crippen molar-refractivity contribution in [3.05, 3.63) is 95.3 Å². The molecule has 5 rings (SSSR count). The number of rotatable bonds is 8. The van der Waals surface area contributed by atoms with Gasteiger partial charge in [-0.25, -0.2) is 13.8 Å². The van der Waals surface area contributed by atoms with E-state index in [0.29, 0.717) is 18.5 Å². The number of carbonyl (C=O) groups excluding carboxylic acids is 2. The number of carbonyl (C=O) groups is 2. The Bertz CT molecular complexity index is 1530. The fourth-order valence-electron chi connectivity index (χ4n) is 4.49. The third kappa shape index (κ3) is 5.02. The molecule has 2 aromatic carbocycles. The van der Waals surface area contributed by atoms with Crippen molar-refractivity contribution in [2.24, 2.45) is 0 Å². The minimum absolute atomic E-state index is 0.0437. The molecule has 0 bridgehead atoms. The zero-order valence-corrected chi connectivity index (χ0v) is 21.2. The van der Waals surface area contributed by atoms with Crippen LogP contribution in [0, 0.1) is 11.6 Å². The number of pyridine rings is 1. The number of amides is 2. The Kier molecular flexibility index (Phi) is 6.97. The molecule has 1 aliphatic rings. The molecule has 0 radical (unpaired) electrons. The van der Waals surface area contributed by atoms with Gasteiger partial charge in [-0.2, -0.15) is 9.78 Å². The topological polar surface area (TPSA) is 107 Å². The molecule has 2 aromatic heterocycles. The molecule has 9 nitrogen and oxygen atoms in total. The highest BCUT2D eigenvalue weighted by molar-refractivity contribution is 6.03. The molecule has 0 unspecified atom stereocenters. The van der Waals surface area contributed by atoms with Gasteiger partial charge in [0.15, 0.2) is 11.5 Å². The molecule has 2 heterocycles. The molecule has 200 valence electrons. The van der Waals surface area contributed by atoms with Gasteiger partial charge in [-0.1, -0.05) is 24.3 Å². The maximum atomic E-state index is 14.3. The van der Waals surface area contributed by atoms with Crippen LogP contribution in [0.3, 0.4) is 0 Å². The van der Waals surface area contributed by atoms with Gasteiger partial charge in [0.2, 0.25) is 11.8 Å². The zero-order valence-electron chi connectivity index (χ0n) is 21.2. The van der Waals surface area contributed by atoms with Crippen molar-refractivity contribution in [3.63, 3.8) is 0 Å². The van der Waals surface area contributed by atoms with Crippen LogP contribution in [0.5, 0.6) is 11.8 Å². The van der Waals surface area contributed by atoms with Crippen LogP contribution in [0.15, 0.2) is 66.9 Å². The number of nitrogens with zero attached hydrogens (tertiary/aromatic N) is 3. The largest absolute Gasteiger partial charge is 0.481 e. The maximum absolute atomic E-state index is 14.3. The van der Waals surface area contributed by atoms with Gasteiger partial charge in [0.25, 0.3) is 11.8 Å². The summed E-state index contributed by atoms with van der Waals surface area (Å²) < 4.78 is 39.6. The molecular weight excluding hydrogens is 508 g/mol. The molecule has 0 saturated heterocycles. The first-order chi connectivity index (χ1) is 18.8. The highest BCUT2D eigenvalue weighted by Crippen LogP contribution is 2.42. The lowest BCUT2D eigenvalue weighted by Gasteiger charge is -2.43. The van der Waals surface area contributed by atoms with Crippen LogP contribution in [0.1, 0.15) is 45.7 Å². The van der Waals surface area contributed by atoms with Gasteiger partial charge >= 0.3 is 0 Å². The lowest BCUT2D eigenvalue weighted by molar-refractivity contribution is 0.0822. The zero-order chi connectivity index (χ0) is 27.6. The van der Waals surface area contributed by atoms with E-state index in [2.05, 4.69) is 20.7 Å². The second-order valence-electron chi connectivity index (χ2n) is 9.07. The number of hydrogen-bond acceptors (Lipinski definition) is 6. The molecule has 0 aliphatic heterocycles. The van der Waals surface area contributed by atoms with Crippen LogP contribution in [-0.4, -0.2) is 40.8 Å². The summed E-state index contributed by atoms with van der Waals surface area (Å²) in [5.41, 5.74) is 1.04. The van der Waals surface area contributed by atoms with E-state index in [1.807, 2.05) is 12.1 Å². The molecule has 4 aromatic rings. The first-order valence-corrected chi connectivity index (χ1v) is 12.2. The Morgan fingerprint density at radius 2 is 1.69 bits per heavy atom. The van der Waals surface area contributed by atoms with Crippen molar-refractivity contribution < 1.29 is 27.8 Å². The van der Waals surface area contributed by atoms with Crippen LogP contribution in [0.4, 0.5) is 14.5 Å². The predicted octanol–water partition coefficient (Wildman–Crippen LogP) is 4.62. The van der Waals surface area contributed by atoms with Gasteiger partial charge in [0, 0.05) is 18.0 Å². The average molecular weight is 534 g/mol. The van der Waals surface area contributed by atoms with Crippen LogP contribution >= 0.6 is 0 Å². The van der Waals surface area contributed by atoms with Gasteiger partial charge in [0.05, 0.1) is 25.3 Å². The number of halogens is 2. The minimum Gasteiger partial charge on any atom is -0.481 e. The monoisotopic (exact) mass is 533 g/mol. The van der Waals surface area contributed by atoms with Crippen LogP contribution in [-0.2, 0) is 5.54 Å². The van der Waals surface area contributed by atoms with Crippen molar-refractivity contribution in [3.8, 4) is 17.4 Å². The Hall–Kier alpha value is -4.80. The number of para-hydroxylation sites is 1. The Morgan fingerprint density at radius 3 is 2.31 bits per heavy atom. The summed E-state index contributed by atoms with van der Waals surface area (Å²) in [4.78, 5) is 29.6. The second-order valence-corrected chi connectivity index (χ2v) is 9.07. The van der Waals surface area contributed by atoms with Gasteiger partial charge in [-0.05, 0) is 55.2 Å². The summed E-state index contributed by atoms with van der Waals surface area (Å²) in [6.45, 7) is 0. The van der Waals surface area contributed by atoms with Gasteiger partial charge in [0.1, 0.15) is 11.5 Å². The van der Waals surface area contributed by atoms with Gasteiger partial charge < -0.3 is 20.1 Å². The predicted molar refractivity (Wildman–Crippen MR) is 138 cm³/mol. The standard InChI is InChI=1S/C28H25F2N5O4/c1-38-24-15-22(34-35(24)23-7-4-3-6-20(23)29)26(37)32-19-10-8-18(9-11-19)28(12-5-13-28)33-25(36)17-14-21(30)27(39-2)31-16-17/h3-4,6-11,14-16H,5,12-13H2,1-2H3,(H,32,37)(H,33,36). The lowest BCUT2D eigenvalue weighted by Crippen LogP contribution is -2.50. The van der Waals surface area contributed by atoms with Crippen LogP contribution in [0.2, 0.25) is 0 Å². The fourth-order valence-corrected chi connectivity index (χ4v) is 4.49. The first-order valence-electron chi connectivity index (χ1n) is 12.2. The van der Waals surface area contributed by atoms with E-state index in [9.17, 15) is 18.4 Å². The molecule has 2 amide bonds. The number of hydrogen-bond donors (Lipinski definition) is 2. The normalized spacial score (nSPS) is 13.7. The van der Waals surface area contributed by atoms with E-state index in [4.69, 9.17) is 9.47 Å².